The van der Waals surface area contributed by atoms with Crippen LogP contribution in [0, 0.1) is 5.92 Å². The number of nitrogens with one attached hydrogen (secondary N) is 1. The van der Waals surface area contributed by atoms with E-state index in [9.17, 15) is 0 Å². The lowest BCUT2D eigenvalue weighted by Gasteiger charge is -2.21. The minimum absolute atomic E-state index is 0. The van der Waals surface area contributed by atoms with Crippen molar-refractivity contribution in [3.05, 3.63) is 0 Å². The minimum Gasteiger partial charge on any atom is -0.385 e. The third-order valence-electron chi connectivity index (χ3n) is 2.86. The summed E-state index contributed by atoms with van der Waals surface area (Å²) in [6.07, 6.45) is 8.38. The topological polar surface area (TPSA) is 21.3 Å². The summed E-state index contributed by atoms with van der Waals surface area (Å²) in [5, 5.41) is 3.51. The monoisotopic (exact) mass is 221 g/mol. The Labute approximate surface area is 94.2 Å². The van der Waals surface area contributed by atoms with Gasteiger partial charge in [-0.15, -0.1) is 12.4 Å². The van der Waals surface area contributed by atoms with Crippen LogP contribution in [-0.4, -0.2) is 26.8 Å². The van der Waals surface area contributed by atoms with Gasteiger partial charge in [-0.1, -0.05) is 19.3 Å². The summed E-state index contributed by atoms with van der Waals surface area (Å²) in [5.41, 5.74) is 0. The summed E-state index contributed by atoms with van der Waals surface area (Å²) < 4.78 is 4.99. The van der Waals surface area contributed by atoms with E-state index in [-0.39, 0.29) is 12.4 Å². The number of halogens is 1. The molecule has 1 rings (SSSR count). The molecular formula is C11H24ClNO. The average Bonchev–Trinajstić information content (AvgIpc) is 2.19. The average molecular weight is 222 g/mol. The molecular weight excluding hydrogens is 198 g/mol. The van der Waals surface area contributed by atoms with Gasteiger partial charge in [0, 0.05) is 13.7 Å². The van der Waals surface area contributed by atoms with Gasteiger partial charge in [0.1, 0.15) is 0 Å². The molecule has 0 aromatic carbocycles. The first kappa shape index (κ1) is 14.2. The van der Waals surface area contributed by atoms with Gasteiger partial charge < -0.3 is 10.1 Å². The predicted molar refractivity (Wildman–Crippen MR) is 63.2 cm³/mol. The third-order valence-corrected chi connectivity index (χ3v) is 2.86. The van der Waals surface area contributed by atoms with Gasteiger partial charge in [-0.25, -0.2) is 0 Å². The second kappa shape index (κ2) is 9.75. The molecule has 1 aliphatic rings. The Bertz CT molecular complexity index is 116. The van der Waals surface area contributed by atoms with Crippen molar-refractivity contribution >= 4 is 12.4 Å². The van der Waals surface area contributed by atoms with E-state index < -0.39 is 0 Å². The van der Waals surface area contributed by atoms with Crippen molar-refractivity contribution in [2.75, 3.05) is 26.8 Å². The van der Waals surface area contributed by atoms with Gasteiger partial charge in [0.05, 0.1) is 0 Å². The van der Waals surface area contributed by atoms with Crippen LogP contribution in [0.3, 0.4) is 0 Å². The van der Waals surface area contributed by atoms with E-state index in [0.29, 0.717) is 0 Å². The van der Waals surface area contributed by atoms with Crippen LogP contribution in [0.15, 0.2) is 0 Å². The van der Waals surface area contributed by atoms with E-state index in [0.717, 1.165) is 25.5 Å². The fourth-order valence-corrected chi connectivity index (χ4v) is 2.04. The van der Waals surface area contributed by atoms with Gasteiger partial charge in [0.25, 0.3) is 0 Å². The molecule has 0 spiro atoms. The standard InChI is InChI=1S/C11H23NO.ClH/c1-13-9-5-8-12-10-11-6-3-2-4-7-11;/h11-12H,2-10H2,1H3;1H. The van der Waals surface area contributed by atoms with Crippen molar-refractivity contribution in [2.45, 2.75) is 38.5 Å². The SMILES string of the molecule is COCCCNCC1CCCCC1.Cl. The van der Waals surface area contributed by atoms with Crippen LogP contribution in [0.1, 0.15) is 38.5 Å². The summed E-state index contributed by atoms with van der Waals surface area (Å²) in [7, 11) is 1.77. The molecule has 0 radical (unpaired) electrons. The Morgan fingerprint density at radius 1 is 1.21 bits per heavy atom. The van der Waals surface area contributed by atoms with Crippen molar-refractivity contribution < 1.29 is 4.74 Å². The smallest absolute Gasteiger partial charge is 0.0474 e. The van der Waals surface area contributed by atoms with Crippen LogP contribution >= 0.6 is 12.4 Å². The Morgan fingerprint density at radius 3 is 2.57 bits per heavy atom. The molecule has 2 nitrogen and oxygen atoms in total. The van der Waals surface area contributed by atoms with E-state index in [2.05, 4.69) is 5.32 Å². The van der Waals surface area contributed by atoms with Crippen molar-refractivity contribution in [3.8, 4) is 0 Å². The summed E-state index contributed by atoms with van der Waals surface area (Å²) in [6, 6.07) is 0. The zero-order valence-electron chi connectivity index (χ0n) is 9.26. The summed E-state index contributed by atoms with van der Waals surface area (Å²) in [4.78, 5) is 0. The molecule has 1 N–H and O–H groups in total. The second-order valence-electron chi connectivity index (χ2n) is 4.05. The fourth-order valence-electron chi connectivity index (χ4n) is 2.04. The maximum atomic E-state index is 4.99. The van der Waals surface area contributed by atoms with Gasteiger partial charge in [-0.2, -0.15) is 0 Å². The van der Waals surface area contributed by atoms with Gasteiger partial charge in [0.15, 0.2) is 0 Å². The summed E-state index contributed by atoms with van der Waals surface area (Å²) in [6.45, 7) is 3.23. The van der Waals surface area contributed by atoms with E-state index in [1.807, 2.05) is 0 Å². The first-order chi connectivity index (χ1) is 6.43. The van der Waals surface area contributed by atoms with E-state index in [1.54, 1.807) is 7.11 Å². The van der Waals surface area contributed by atoms with Crippen LogP contribution in [0.4, 0.5) is 0 Å². The van der Waals surface area contributed by atoms with Crippen molar-refractivity contribution in [3.63, 3.8) is 0 Å². The number of hydrogen-bond acceptors (Lipinski definition) is 2. The highest BCUT2D eigenvalue weighted by atomic mass is 35.5. The Kier molecular flexibility index (Phi) is 9.90. The van der Waals surface area contributed by atoms with Crippen LogP contribution in [0.25, 0.3) is 0 Å². The molecule has 0 aromatic heterocycles. The van der Waals surface area contributed by atoms with Gasteiger partial charge in [0.2, 0.25) is 0 Å². The number of rotatable bonds is 6. The van der Waals surface area contributed by atoms with Crippen molar-refractivity contribution in [2.24, 2.45) is 5.92 Å². The van der Waals surface area contributed by atoms with Crippen LogP contribution in [-0.2, 0) is 4.74 Å². The summed E-state index contributed by atoms with van der Waals surface area (Å²) in [5.74, 6) is 0.955. The summed E-state index contributed by atoms with van der Waals surface area (Å²) >= 11 is 0. The number of hydrogen-bond donors (Lipinski definition) is 1. The molecule has 0 bridgehead atoms. The molecule has 0 heterocycles. The number of methoxy groups -OCH3 is 1. The molecule has 86 valence electrons. The van der Waals surface area contributed by atoms with Crippen LogP contribution < -0.4 is 5.32 Å². The van der Waals surface area contributed by atoms with Crippen LogP contribution in [0.2, 0.25) is 0 Å². The maximum Gasteiger partial charge on any atom is 0.0474 e. The lowest BCUT2D eigenvalue weighted by molar-refractivity contribution is 0.193. The van der Waals surface area contributed by atoms with Gasteiger partial charge in [-0.05, 0) is 38.3 Å². The zero-order chi connectivity index (χ0) is 9.36. The van der Waals surface area contributed by atoms with Gasteiger partial charge >= 0.3 is 0 Å². The molecule has 1 aliphatic carbocycles. The predicted octanol–water partition coefficient (Wildman–Crippen LogP) is 2.61. The molecule has 0 amide bonds. The second-order valence-corrected chi connectivity index (χ2v) is 4.05. The lowest BCUT2D eigenvalue weighted by Crippen LogP contribution is -2.25. The fraction of sp³-hybridized carbons (Fsp3) is 1.00. The highest BCUT2D eigenvalue weighted by molar-refractivity contribution is 5.85. The number of ether oxygens (including phenoxy) is 1. The molecule has 1 saturated carbocycles. The van der Waals surface area contributed by atoms with Gasteiger partial charge in [-0.3, -0.25) is 0 Å². The largest absolute Gasteiger partial charge is 0.385 e. The Hall–Kier alpha value is 0.210. The Balaban J connectivity index is 0.00000169. The van der Waals surface area contributed by atoms with Crippen molar-refractivity contribution in [1.82, 2.24) is 5.32 Å². The molecule has 3 heteroatoms. The van der Waals surface area contributed by atoms with Crippen LogP contribution in [0.5, 0.6) is 0 Å². The van der Waals surface area contributed by atoms with Crippen molar-refractivity contribution in [1.29, 1.82) is 0 Å². The molecule has 0 aromatic rings. The molecule has 14 heavy (non-hydrogen) atoms. The molecule has 0 unspecified atom stereocenters. The molecule has 0 atom stereocenters. The lowest BCUT2D eigenvalue weighted by atomic mass is 9.89. The third kappa shape index (κ3) is 6.63. The molecule has 1 fully saturated rings. The minimum atomic E-state index is 0. The quantitative estimate of drug-likeness (QED) is 0.697. The maximum absolute atomic E-state index is 4.99. The normalized spacial score (nSPS) is 17.8. The first-order valence-electron chi connectivity index (χ1n) is 5.63. The highest BCUT2D eigenvalue weighted by Gasteiger charge is 2.11. The van der Waals surface area contributed by atoms with E-state index >= 15 is 0 Å². The Morgan fingerprint density at radius 2 is 1.93 bits per heavy atom. The van der Waals surface area contributed by atoms with E-state index in [1.165, 1.54) is 38.6 Å². The molecule has 0 aliphatic heterocycles. The zero-order valence-corrected chi connectivity index (χ0v) is 10.1. The highest BCUT2D eigenvalue weighted by Crippen LogP contribution is 2.22. The molecule has 0 saturated heterocycles. The first-order valence-corrected chi connectivity index (χ1v) is 5.63. The van der Waals surface area contributed by atoms with E-state index in [4.69, 9.17) is 4.74 Å².